The third-order valence-corrected chi connectivity index (χ3v) is 4.65. The molecule has 2 aliphatic rings. The topological polar surface area (TPSA) is 26.7 Å². The quantitative estimate of drug-likeness (QED) is 0.787. The Kier molecular flexibility index (Phi) is 4.45. The summed E-state index contributed by atoms with van der Waals surface area (Å²) < 4.78 is 0. The number of aliphatic hydroxyl groups is 1. The van der Waals surface area contributed by atoms with Crippen LogP contribution >= 0.6 is 0 Å². The molecule has 2 fully saturated rings. The molecule has 0 amide bonds. The second kappa shape index (κ2) is 5.68. The number of piperidine rings is 1. The third-order valence-electron chi connectivity index (χ3n) is 4.65. The molecular formula is C14H28N2O. The largest absolute Gasteiger partial charge is 0.396 e. The monoisotopic (exact) mass is 240 g/mol. The van der Waals surface area contributed by atoms with Gasteiger partial charge in [-0.15, -0.1) is 0 Å². The fourth-order valence-electron chi connectivity index (χ4n) is 3.54. The van der Waals surface area contributed by atoms with Crippen LogP contribution in [0.4, 0.5) is 0 Å². The second-order valence-electron chi connectivity index (χ2n) is 6.48. The van der Waals surface area contributed by atoms with Gasteiger partial charge in [0.15, 0.2) is 0 Å². The summed E-state index contributed by atoms with van der Waals surface area (Å²) in [5.74, 6) is 0.828. The Labute approximate surface area is 106 Å². The predicted octanol–water partition coefficient (Wildman–Crippen LogP) is 1.42. The highest BCUT2D eigenvalue weighted by Crippen LogP contribution is 2.40. The van der Waals surface area contributed by atoms with Gasteiger partial charge >= 0.3 is 0 Å². The number of likely N-dealkylation sites (tertiary alicyclic amines) is 1. The number of aliphatic hydroxyl groups excluding tert-OH is 1. The lowest BCUT2D eigenvalue weighted by molar-refractivity contribution is 0.00836. The van der Waals surface area contributed by atoms with Crippen LogP contribution in [0, 0.1) is 11.3 Å². The summed E-state index contributed by atoms with van der Waals surface area (Å²) >= 11 is 0. The van der Waals surface area contributed by atoms with Crippen molar-refractivity contribution in [3.8, 4) is 0 Å². The number of rotatable bonds is 5. The predicted molar refractivity (Wildman–Crippen MR) is 71.1 cm³/mol. The summed E-state index contributed by atoms with van der Waals surface area (Å²) in [6.45, 7) is 5.18. The van der Waals surface area contributed by atoms with Crippen LogP contribution in [0.3, 0.4) is 0 Å². The lowest BCUT2D eigenvalue weighted by Gasteiger charge is -2.44. The number of nitrogens with zero attached hydrogens (tertiary/aromatic N) is 2. The molecule has 0 spiro atoms. The van der Waals surface area contributed by atoms with Crippen molar-refractivity contribution in [2.45, 2.75) is 32.1 Å². The van der Waals surface area contributed by atoms with Gasteiger partial charge in [0.1, 0.15) is 0 Å². The van der Waals surface area contributed by atoms with E-state index >= 15 is 0 Å². The molecule has 3 nitrogen and oxygen atoms in total. The smallest absolute Gasteiger partial charge is 0.0499 e. The molecule has 1 saturated heterocycles. The van der Waals surface area contributed by atoms with Gasteiger partial charge in [0.2, 0.25) is 0 Å². The van der Waals surface area contributed by atoms with Crippen molar-refractivity contribution in [2.75, 3.05) is 46.9 Å². The fraction of sp³-hybridized carbons (Fsp3) is 1.00. The maximum atomic E-state index is 9.50. The minimum absolute atomic E-state index is 0.245. The minimum Gasteiger partial charge on any atom is -0.396 e. The highest BCUT2D eigenvalue weighted by molar-refractivity contribution is 4.89. The van der Waals surface area contributed by atoms with Crippen molar-refractivity contribution in [2.24, 2.45) is 11.3 Å². The summed E-state index contributed by atoms with van der Waals surface area (Å²) in [5.41, 5.74) is 0.245. The van der Waals surface area contributed by atoms with Crippen LogP contribution in [0.2, 0.25) is 0 Å². The lowest BCUT2D eigenvalue weighted by atomic mass is 9.69. The Bertz CT molecular complexity index is 235. The summed E-state index contributed by atoms with van der Waals surface area (Å²) in [6.07, 6.45) is 6.47. The molecule has 1 N–H and O–H groups in total. The zero-order valence-corrected chi connectivity index (χ0v) is 11.5. The molecule has 0 aromatic carbocycles. The van der Waals surface area contributed by atoms with E-state index in [2.05, 4.69) is 23.9 Å². The second-order valence-corrected chi connectivity index (χ2v) is 6.48. The summed E-state index contributed by atoms with van der Waals surface area (Å²) in [7, 11) is 4.46. The van der Waals surface area contributed by atoms with Crippen molar-refractivity contribution in [3.05, 3.63) is 0 Å². The molecule has 1 aliphatic heterocycles. The third kappa shape index (κ3) is 3.43. The van der Waals surface area contributed by atoms with Crippen LogP contribution in [0.15, 0.2) is 0 Å². The zero-order valence-electron chi connectivity index (χ0n) is 11.5. The minimum atomic E-state index is 0.245. The average molecular weight is 240 g/mol. The van der Waals surface area contributed by atoms with Gasteiger partial charge in [-0.1, -0.05) is 6.42 Å². The van der Waals surface area contributed by atoms with Gasteiger partial charge < -0.3 is 14.9 Å². The van der Waals surface area contributed by atoms with E-state index in [9.17, 15) is 5.11 Å². The van der Waals surface area contributed by atoms with E-state index in [0.29, 0.717) is 6.61 Å². The Morgan fingerprint density at radius 2 is 2.12 bits per heavy atom. The van der Waals surface area contributed by atoms with E-state index in [-0.39, 0.29) is 5.41 Å². The Hall–Kier alpha value is -0.120. The molecule has 1 unspecified atom stereocenters. The molecule has 0 aromatic rings. The first-order valence-corrected chi connectivity index (χ1v) is 7.11. The van der Waals surface area contributed by atoms with Gasteiger partial charge in [0.25, 0.3) is 0 Å². The van der Waals surface area contributed by atoms with Crippen LogP contribution in [-0.4, -0.2) is 61.8 Å². The Balaban J connectivity index is 1.74. The Morgan fingerprint density at radius 1 is 1.35 bits per heavy atom. The molecular weight excluding hydrogens is 212 g/mol. The van der Waals surface area contributed by atoms with E-state index in [0.717, 1.165) is 12.5 Å². The van der Waals surface area contributed by atoms with Crippen LogP contribution < -0.4 is 0 Å². The Morgan fingerprint density at radius 3 is 2.65 bits per heavy atom. The molecule has 3 heteroatoms. The van der Waals surface area contributed by atoms with Crippen LogP contribution in [-0.2, 0) is 0 Å². The van der Waals surface area contributed by atoms with Gasteiger partial charge in [-0.25, -0.2) is 0 Å². The molecule has 1 heterocycles. The van der Waals surface area contributed by atoms with Crippen molar-refractivity contribution in [1.29, 1.82) is 0 Å². The van der Waals surface area contributed by atoms with Crippen LogP contribution in [0.1, 0.15) is 32.1 Å². The van der Waals surface area contributed by atoms with Crippen LogP contribution in [0.25, 0.3) is 0 Å². The van der Waals surface area contributed by atoms with Gasteiger partial charge in [0.05, 0.1) is 0 Å². The molecule has 0 bridgehead atoms. The molecule has 1 atom stereocenters. The first-order valence-electron chi connectivity index (χ1n) is 7.11. The van der Waals surface area contributed by atoms with E-state index < -0.39 is 0 Å². The highest BCUT2D eigenvalue weighted by atomic mass is 16.3. The first-order chi connectivity index (χ1) is 8.13. The molecule has 2 rings (SSSR count). The van der Waals surface area contributed by atoms with E-state index in [1.165, 1.54) is 51.7 Å². The van der Waals surface area contributed by atoms with E-state index in [4.69, 9.17) is 0 Å². The number of hydrogen-bond donors (Lipinski definition) is 1. The first kappa shape index (κ1) is 13.3. The maximum absolute atomic E-state index is 9.50. The molecule has 1 saturated carbocycles. The van der Waals surface area contributed by atoms with E-state index in [1.54, 1.807) is 0 Å². The standard InChI is InChI=1S/C14H28N2O/c1-15-8-3-5-13(9-15)10-16(2)11-14(12-17)6-4-7-14/h13,17H,3-12H2,1-2H3. The molecule has 1 aliphatic carbocycles. The van der Waals surface area contributed by atoms with Crippen molar-refractivity contribution < 1.29 is 5.11 Å². The SMILES string of the molecule is CN1CCCC(CN(C)CC2(CO)CCC2)C1. The van der Waals surface area contributed by atoms with E-state index in [1.807, 2.05) is 0 Å². The highest BCUT2D eigenvalue weighted by Gasteiger charge is 2.37. The van der Waals surface area contributed by atoms with Crippen molar-refractivity contribution in [3.63, 3.8) is 0 Å². The van der Waals surface area contributed by atoms with Gasteiger partial charge in [0, 0.05) is 31.7 Å². The molecule has 0 aromatic heterocycles. The zero-order chi connectivity index (χ0) is 12.3. The average Bonchev–Trinajstić information content (AvgIpc) is 2.23. The number of hydrogen-bond acceptors (Lipinski definition) is 3. The lowest BCUT2D eigenvalue weighted by Crippen LogP contribution is -2.46. The van der Waals surface area contributed by atoms with Crippen molar-refractivity contribution >= 4 is 0 Å². The summed E-state index contributed by atoms with van der Waals surface area (Å²) in [6, 6.07) is 0. The van der Waals surface area contributed by atoms with Gasteiger partial charge in [-0.3, -0.25) is 0 Å². The normalized spacial score (nSPS) is 29.3. The molecule has 100 valence electrons. The van der Waals surface area contributed by atoms with Gasteiger partial charge in [-0.05, 0) is 52.2 Å². The van der Waals surface area contributed by atoms with Gasteiger partial charge in [-0.2, -0.15) is 0 Å². The fourth-order valence-corrected chi connectivity index (χ4v) is 3.54. The summed E-state index contributed by atoms with van der Waals surface area (Å²) in [5, 5.41) is 9.50. The maximum Gasteiger partial charge on any atom is 0.0499 e. The summed E-state index contributed by atoms with van der Waals surface area (Å²) in [4.78, 5) is 4.91. The molecule has 17 heavy (non-hydrogen) atoms. The molecule has 0 radical (unpaired) electrons. The van der Waals surface area contributed by atoms with Crippen molar-refractivity contribution in [1.82, 2.24) is 9.80 Å². The van der Waals surface area contributed by atoms with Crippen LogP contribution in [0.5, 0.6) is 0 Å².